The third kappa shape index (κ3) is 5.39. The van der Waals surface area contributed by atoms with Crippen LogP contribution in [0.4, 0.5) is 0 Å². The molecule has 1 aromatic heterocycles. The van der Waals surface area contributed by atoms with Gasteiger partial charge in [-0.1, -0.05) is 31.0 Å². The van der Waals surface area contributed by atoms with E-state index < -0.39 is 10.1 Å². The van der Waals surface area contributed by atoms with Crippen LogP contribution in [0.25, 0.3) is 5.57 Å². The van der Waals surface area contributed by atoms with E-state index >= 15 is 0 Å². The summed E-state index contributed by atoms with van der Waals surface area (Å²) in [6.07, 6.45) is 1.12. The largest absolute Gasteiger partial charge is 0.361 e. The molecule has 0 bridgehead atoms. The van der Waals surface area contributed by atoms with Crippen molar-refractivity contribution in [3.8, 4) is 5.88 Å². The minimum absolute atomic E-state index is 0.0207. The maximum absolute atomic E-state index is 13.6. The predicted molar refractivity (Wildman–Crippen MR) is 126 cm³/mol. The maximum atomic E-state index is 13.6. The van der Waals surface area contributed by atoms with Gasteiger partial charge in [0.05, 0.1) is 11.4 Å². The predicted octanol–water partition coefficient (Wildman–Crippen LogP) is 5.73. The number of carbonyl (C=O) groups excluding carboxylic acids is 1. The van der Waals surface area contributed by atoms with E-state index in [-0.39, 0.29) is 23.0 Å². The van der Waals surface area contributed by atoms with Gasteiger partial charge in [-0.15, -0.1) is 0 Å². The van der Waals surface area contributed by atoms with Gasteiger partial charge in [0.25, 0.3) is 0 Å². The van der Waals surface area contributed by atoms with E-state index in [1.54, 1.807) is 26.0 Å². The molecule has 6 nitrogen and oxygen atoms in total. The molecule has 2 rings (SSSR count). The summed E-state index contributed by atoms with van der Waals surface area (Å²) in [7, 11) is -3.84. The Morgan fingerprint density at radius 1 is 1.10 bits per heavy atom. The number of rotatable bonds is 9. The van der Waals surface area contributed by atoms with Crippen LogP contribution in [-0.2, 0) is 16.7 Å². The molecule has 0 saturated carbocycles. The number of ketones is 1. The minimum Gasteiger partial charge on any atom is -0.361 e. The van der Waals surface area contributed by atoms with Crippen molar-refractivity contribution in [2.24, 2.45) is 0 Å². The molecule has 1 aromatic carbocycles. The molecule has 31 heavy (non-hydrogen) atoms. The number of benzene rings is 1. The van der Waals surface area contributed by atoms with Gasteiger partial charge >= 0.3 is 10.1 Å². The number of allylic oxidation sites excluding steroid dienone is 2. The fourth-order valence-electron chi connectivity index (χ4n) is 3.45. The van der Waals surface area contributed by atoms with Crippen LogP contribution in [0.1, 0.15) is 80.2 Å². The molecule has 0 aliphatic rings. The van der Waals surface area contributed by atoms with Crippen molar-refractivity contribution in [3.05, 3.63) is 50.7 Å². The maximum Gasteiger partial charge on any atom is 0.310 e. The lowest BCUT2D eigenvalue weighted by atomic mass is 9.91. The Kier molecular flexibility index (Phi) is 8.11. The summed E-state index contributed by atoms with van der Waals surface area (Å²) in [6.45, 7) is 13.6. The van der Waals surface area contributed by atoms with Crippen molar-refractivity contribution >= 4 is 33.1 Å². The molecule has 0 amide bonds. The molecule has 0 spiro atoms. The van der Waals surface area contributed by atoms with E-state index in [1.807, 2.05) is 34.6 Å². The van der Waals surface area contributed by atoms with Gasteiger partial charge in [0.2, 0.25) is 11.7 Å². The molecule has 0 fully saturated rings. The van der Waals surface area contributed by atoms with E-state index in [4.69, 9.17) is 15.8 Å². The van der Waals surface area contributed by atoms with Crippen molar-refractivity contribution in [2.45, 2.75) is 67.9 Å². The number of nitrogens with zero attached hydrogens (tertiary/aromatic N) is 2. The van der Waals surface area contributed by atoms with Crippen molar-refractivity contribution in [1.29, 1.82) is 0 Å². The number of aromatic nitrogens is 2. The van der Waals surface area contributed by atoms with Crippen LogP contribution < -0.4 is 4.18 Å². The van der Waals surface area contributed by atoms with Gasteiger partial charge in [-0.2, -0.15) is 13.5 Å². The zero-order valence-electron chi connectivity index (χ0n) is 19.3. The van der Waals surface area contributed by atoms with E-state index in [0.717, 1.165) is 22.3 Å². The first kappa shape index (κ1) is 25.1. The third-order valence-electron chi connectivity index (χ3n) is 5.19. The molecular weight excluding hydrogens is 436 g/mol. The molecule has 0 unspecified atom stereocenters. The highest BCUT2D eigenvalue weighted by atomic mass is 35.5. The Morgan fingerprint density at radius 3 is 2.29 bits per heavy atom. The van der Waals surface area contributed by atoms with Gasteiger partial charge in [0.15, 0.2) is 0 Å². The zero-order chi connectivity index (χ0) is 23.5. The fourth-order valence-corrected chi connectivity index (χ4v) is 4.79. The van der Waals surface area contributed by atoms with E-state index in [0.29, 0.717) is 35.7 Å². The Balaban J connectivity index is 2.71. The van der Waals surface area contributed by atoms with Crippen molar-refractivity contribution in [2.75, 3.05) is 5.75 Å². The Morgan fingerprint density at radius 2 is 1.74 bits per heavy atom. The van der Waals surface area contributed by atoms with Crippen LogP contribution in [0.3, 0.4) is 0 Å². The van der Waals surface area contributed by atoms with E-state index in [2.05, 4.69) is 5.10 Å². The molecule has 8 heteroatoms. The molecular formula is C23H31ClN2O4S. The molecule has 2 aromatic rings. The highest BCUT2D eigenvalue weighted by molar-refractivity contribution is 7.87. The number of aryl methyl sites for hydroxylation is 2. The molecule has 0 atom stereocenters. The van der Waals surface area contributed by atoms with E-state index in [1.165, 1.54) is 4.68 Å². The Hall–Kier alpha value is -2.12. The lowest BCUT2D eigenvalue weighted by Crippen LogP contribution is -2.18. The average molecular weight is 467 g/mol. The highest BCUT2D eigenvalue weighted by Crippen LogP contribution is 2.34. The number of hydrogen-bond donors (Lipinski definition) is 0. The van der Waals surface area contributed by atoms with Crippen LogP contribution in [0.2, 0.25) is 5.02 Å². The summed E-state index contributed by atoms with van der Waals surface area (Å²) >= 11 is 6.45. The Labute approximate surface area is 190 Å². The van der Waals surface area contributed by atoms with Crippen LogP contribution in [0.15, 0.2) is 17.7 Å². The molecule has 0 saturated heterocycles. The fraction of sp³-hybridized carbons (Fsp3) is 0.478. The molecule has 0 radical (unpaired) electrons. The molecule has 0 aliphatic heterocycles. The lowest BCUT2D eigenvalue weighted by Gasteiger charge is -2.15. The first-order valence-corrected chi connectivity index (χ1v) is 12.4. The van der Waals surface area contributed by atoms with Gasteiger partial charge in [-0.3, -0.25) is 4.79 Å². The van der Waals surface area contributed by atoms with Gasteiger partial charge in [0, 0.05) is 17.1 Å². The van der Waals surface area contributed by atoms with Gasteiger partial charge < -0.3 is 4.18 Å². The second-order valence-electron chi connectivity index (χ2n) is 7.88. The summed E-state index contributed by atoms with van der Waals surface area (Å²) in [4.78, 5) is 13.6. The normalized spacial score (nSPS) is 11.5. The lowest BCUT2D eigenvalue weighted by molar-refractivity contribution is 0.103. The number of hydrogen-bond acceptors (Lipinski definition) is 5. The summed E-state index contributed by atoms with van der Waals surface area (Å²) in [5.74, 6) is -0.493. The van der Waals surface area contributed by atoms with Crippen LogP contribution in [-0.4, -0.2) is 29.7 Å². The minimum atomic E-state index is -3.84. The Bertz CT molecular complexity index is 1130. The first-order valence-electron chi connectivity index (χ1n) is 10.4. The van der Waals surface area contributed by atoms with Crippen molar-refractivity contribution in [1.82, 2.24) is 9.78 Å². The van der Waals surface area contributed by atoms with Crippen molar-refractivity contribution < 1.29 is 17.4 Å². The monoisotopic (exact) mass is 466 g/mol. The average Bonchev–Trinajstić information content (AvgIpc) is 2.95. The topological polar surface area (TPSA) is 78.3 Å². The smallest absolute Gasteiger partial charge is 0.310 e. The third-order valence-corrected chi connectivity index (χ3v) is 6.82. The molecule has 170 valence electrons. The van der Waals surface area contributed by atoms with Gasteiger partial charge in [0.1, 0.15) is 5.56 Å². The SMILES string of the molecule is CCCn1nc(C)c(C(=O)c2ccc(Cl)c(C(C)=C(C)C)c2C)c1OS(=O)(=O)CCC. The highest BCUT2D eigenvalue weighted by Gasteiger charge is 2.29. The first-order chi connectivity index (χ1) is 14.4. The zero-order valence-corrected chi connectivity index (χ0v) is 20.9. The quantitative estimate of drug-likeness (QED) is 0.348. The molecule has 1 heterocycles. The standard InChI is InChI=1S/C23H31ClN2O4S/c1-8-12-26-23(30-31(28,29)13-9-2)21(17(7)25-26)22(27)18-10-11-19(24)20(16(18)6)15(5)14(3)4/h10-11H,8-9,12-13H2,1-7H3. The van der Waals surface area contributed by atoms with E-state index in [9.17, 15) is 13.2 Å². The number of halogens is 1. The number of carbonyl (C=O) groups is 1. The summed E-state index contributed by atoms with van der Waals surface area (Å²) in [5, 5.41) is 4.96. The van der Waals surface area contributed by atoms with Crippen LogP contribution >= 0.6 is 11.6 Å². The second-order valence-corrected chi connectivity index (χ2v) is 9.98. The van der Waals surface area contributed by atoms with Gasteiger partial charge in [-0.05, 0) is 76.3 Å². The molecule has 0 N–H and O–H groups in total. The summed E-state index contributed by atoms with van der Waals surface area (Å²) in [5.41, 5.74) is 4.67. The molecule has 0 aliphatic carbocycles. The summed E-state index contributed by atoms with van der Waals surface area (Å²) in [6, 6.07) is 3.37. The van der Waals surface area contributed by atoms with Crippen LogP contribution in [0, 0.1) is 13.8 Å². The summed E-state index contributed by atoms with van der Waals surface area (Å²) < 4.78 is 31.7. The second kappa shape index (κ2) is 10.0. The van der Waals surface area contributed by atoms with Crippen molar-refractivity contribution in [3.63, 3.8) is 0 Å². The van der Waals surface area contributed by atoms with Crippen LogP contribution in [0.5, 0.6) is 5.88 Å². The van der Waals surface area contributed by atoms with Gasteiger partial charge in [-0.25, -0.2) is 4.68 Å².